The molecule has 0 spiro atoms. The minimum Gasteiger partial charge on any atom is -0.481 e. The van der Waals surface area contributed by atoms with Crippen molar-refractivity contribution in [3.05, 3.63) is 12.2 Å². The van der Waals surface area contributed by atoms with Crippen LogP contribution in [0.25, 0.3) is 0 Å². The minimum atomic E-state index is -0.651. The van der Waals surface area contributed by atoms with Crippen molar-refractivity contribution in [3.8, 4) is 0 Å². The van der Waals surface area contributed by atoms with E-state index in [1.165, 1.54) is 250 Å². The molecule has 0 fully saturated rings. The number of allylic oxidation sites excluding steroid dienone is 2. The van der Waals surface area contributed by atoms with E-state index in [-0.39, 0.29) is 5.97 Å². The van der Waals surface area contributed by atoms with Crippen molar-refractivity contribution in [2.45, 2.75) is 302 Å². The number of esters is 1. The standard InChI is InChI=1S/C52H100O4/c1-2-3-4-5-6-7-8-30-34-37-40-43-46-49-52(55)56-50-47-44-41-38-35-32-29-27-25-23-21-19-17-15-13-11-9-10-12-14-16-18-20-22-24-26-28-31-33-36-39-42-45-48-51(53)54/h7-8H,2-6,9-50H2,1H3,(H,53,54)/b8-7-. The van der Waals surface area contributed by atoms with Gasteiger partial charge in [0.1, 0.15) is 0 Å². The molecule has 0 aromatic heterocycles. The number of carbonyl (C=O) groups excluding carboxylic acids is 1. The summed E-state index contributed by atoms with van der Waals surface area (Å²) in [5.74, 6) is -0.637. The molecule has 4 nitrogen and oxygen atoms in total. The predicted molar refractivity (Wildman–Crippen MR) is 246 cm³/mol. The number of hydrogen-bond acceptors (Lipinski definition) is 3. The molecule has 0 aromatic rings. The molecule has 0 aliphatic rings. The van der Waals surface area contributed by atoms with Crippen LogP contribution in [0, 0.1) is 0 Å². The molecule has 56 heavy (non-hydrogen) atoms. The molecule has 0 radical (unpaired) electrons. The molecule has 0 aromatic carbocycles. The van der Waals surface area contributed by atoms with Crippen LogP contribution in [0.2, 0.25) is 0 Å². The maximum Gasteiger partial charge on any atom is 0.305 e. The molecule has 0 heterocycles. The summed E-state index contributed by atoms with van der Waals surface area (Å²) in [5, 5.41) is 8.66. The zero-order valence-corrected chi connectivity index (χ0v) is 38.1. The smallest absolute Gasteiger partial charge is 0.305 e. The molecule has 0 saturated carbocycles. The van der Waals surface area contributed by atoms with E-state index in [1.807, 2.05) is 0 Å². The lowest BCUT2D eigenvalue weighted by atomic mass is 10.0. The Labute approximate surface area is 351 Å². The van der Waals surface area contributed by atoms with E-state index >= 15 is 0 Å². The van der Waals surface area contributed by atoms with Crippen LogP contribution in [0.15, 0.2) is 12.2 Å². The maximum atomic E-state index is 12.0. The van der Waals surface area contributed by atoms with Crippen LogP contribution in [0.3, 0.4) is 0 Å². The van der Waals surface area contributed by atoms with Gasteiger partial charge in [-0.05, 0) is 44.9 Å². The summed E-state index contributed by atoms with van der Waals surface area (Å²) < 4.78 is 5.47. The van der Waals surface area contributed by atoms with Crippen molar-refractivity contribution in [2.24, 2.45) is 0 Å². The Bertz CT molecular complexity index is 792. The van der Waals surface area contributed by atoms with E-state index in [4.69, 9.17) is 9.84 Å². The molecule has 0 aliphatic heterocycles. The first-order valence-electron chi connectivity index (χ1n) is 25.7. The van der Waals surface area contributed by atoms with Crippen molar-refractivity contribution >= 4 is 11.9 Å². The van der Waals surface area contributed by atoms with E-state index in [2.05, 4.69) is 19.1 Å². The summed E-state index contributed by atoms with van der Waals surface area (Å²) in [6.07, 6.45) is 64.4. The Morgan fingerprint density at radius 2 is 0.589 bits per heavy atom. The fraction of sp³-hybridized carbons (Fsp3) is 0.923. The molecular weight excluding hydrogens is 689 g/mol. The van der Waals surface area contributed by atoms with Gasteiger partial charge in [-0.15, -0.1) is 0 Å². The van der Waals surface area contributed by atoms with E-state index in [1.54, 1.807) is 0 Å². The van der Waals surface area contributed by atoms with Gasteiger partial charge in [0.25, 0.3) is 0 Å². The summed E-state index contributed by atoms with van der Waals surface area (Å²) in [6, 6.07) is 0. The number of carboxylic acid groups (broad SMARTS) is 1. The van der Waals surface area contributed by atoms with E-state index < -0.39 is 5.97 Å². The van der Waals surface area contributed by atoms with Gasteiger partial charge < -0.3 is 9.84 Å². The molecular formula is C52H100O4. The Hall–Kier alpha value is -1.32. The molecule has 0 amide bonds. The summed E-state index contributed by atoms with van der Waals surface area (Å²) in [7, 11) is 0. The molecule has 0 rings (SSSR count). The van der Waals surface area contributed by atoms with Gasteiger partial charge in [0, 0.05) is 12.8 Å². The molecule has 0 aliphatic carbocycles. The summed E-state index contributed by atoms with van der Waals surface area (Å²) in [6.45, 7) is 2.89. The predicted octanol–water partition coefficient (Wildman–Crippen LogP) is 18.1. The lowest BCUT2D eigenvalue weighted by molar-refractivity contribution is -0.144. The van der Waals surface area contributed by atoms with Crippen LogP contribution in [0.5, 0.6) is 0 Å². The number of unbranched alkanes of at least 4 members (excludes halogenated alkanes) is 41. The SMILES string of the molecule is CCCCCC/C=C\CCCCCCCC(=O)OCCCCCCCCCCCCCCCCCCCCCCCCCCCCCCCCCCCC(=O)O. The Morgan fingerprint density at radius 1 is 0.339 bits per heavy atom. The summed E-state index contributed by atoms with van der Waals surface area (Å²) in [5.41, 5.74) is 0. The zero-order valence-electron chi connectivity index (χ0n) is 38.1. The topological polar surface area (TPSA) is 63.6 Å². The first-order chi connectivity index (χ1) is 27.7. The maximum absolute atomic E-state index is 12.0. The van der Waals surface area contributed by atoms with Crippen molar-refractivity contribution in [2.75, 3.05) is 6.61 Å². The van der Waals surface area contributed by atoms with Crippen molar-refractivity contribution in [3.63, 3.8) is 0 Å². The average Bonchev–Trinajstić information content (AvgIpc) is 3.19. The quantitative estimate of drug-likeness (QED) is 0.0379. The van der Waals surface area contributed by atoms with Crippen LogP contribution < -0.4 is 0 Å². The van der Waals surface area contributed by atoms with Gasteiger partial charge in [-0.25, -0.2) is 0 Å². The Kier molecular flexibility index (Phi) is 48.7. The lowest BCUT2D eigenvalue weighted by Gasteiger charge is -2.06. The third-order valence-corrected chi connectivity index (χ3v) is 11.9. The summed E-state index contributed by atoms with van der Waals surface area (Å²) >= 11 is 0. The van der Waals surface area contributed by atoms with Crippen molar-refractivity contribution in [1.29, 1.82) is 0 Å². The molecule has 332 valence electrons. The number of carboxylic acids is 1. The minimum absolute atomic E-state index is 0.0143. The second-order valence-electron chi connectivity index (χ2n) is 17.7. The van der Waals surface area contributed by atoms with Gasteiger partial charge in [-0.2, -0.15) is 0 Å². The molecule has 1 N–H and O–H groups in total. The van der Waals surface area contributed by atoms with Crippen LogP contribution >= 0.6 is 0 Å². The van der Waals surface area contributed by atoms with Gasteiger partial charge in [0.05, 0.1) is 6.61 Å². The van der Waals surface area contributed by atoms with Gasteiger partial charge >= 0.3 is 11.9 Å². The normalized spacial score (nSPS) is 11.6. The van der Waals surface area contributed by atoms with Crippen LogP contribution in [-0.4, -0.2) is 23.7 Å². The zero-order chi connectivity index (χ0) is 40.5. The van der Waals surface area contributed by atoms with Crippen LogP contribution in [0.4, 0.5) is 0 Å². The highest BCUT2D eigenvalue weighted by Crippen LogP contribution is 2.17. The monoisotopic (exact) mass is 789 g/mol. The third kappa shape index (κ3) is 50.7. The van der Waals surface area contributed by atoms with E-state index in [0.717, 1.165) is 32.1 Å². The number of ether oxygens (including phenoxy) is 1. The fourth-order valence-electron chi connectivity index (χ4n) is 8.10. The highest BCUT2D eigenvalue weighted by Gasteiger charge is 2.03. The second kappa shape index (κ2) is 49.8. The number of hydrogen-bond donors (Lipinski definition) is 1. The van der Waals surface area contributed by atoms with Crippen molar-refractivity contribution in [1.82, 2.24) is 0 Å². The molecule has 4 heteroatoms. The van der Waals surface area contributed by atoms with Crippen molar-refractivity contribution < 1.29 is 19.4 Å². The van der Waals surface area contributed by atoms with Gasteiger partial charge in [-0.1, -0.05) is 257 Å². The molecule has 0 unspecified atom stereocenters. The highest BCUT2D eigenvalue weighted by atomic mass is 16.5. The second-order valence-corrected chi connectivity index (χ2v) is 17.7. The largest absolute Gasteiger partial charge is 0.481 e. The molecule has 0 saturated heterocycles. The number of rotatable bonds is 49. The summed E-state index contributed by atoms with van der Waals surface area (Å²) in [4.78, 5) is 22.5. The molecule has 0 atom stereocenters. The van der Waals surface area contributed by atoms with E-state index in [0.29, 0.717) is 19.4 Å². The molecule has 0 bridgehead atoms. The number of aliphatic carboxylic acids is 1. The van der Waals surface area contributed by atoms with Crippen LogP contribution in [0.1, 0.15) is 302 Å². The van der Waals surface area contributed by atoms with Gasteiger partial charge in [0.15, 0.2) is 0 Å². The van der Waals surface area contributed by atoms with E-state index in [9.17, 15) is 9.59 Å². The first-order valence-corrected chi connectivity index (χ1v) is 25.7. The fourth-order valence-corrected chi connectivity index (χ4v) is 8.10. The highest BCUT2D eigenvalue weighted by molar-refractivity contribution is 5.69. The average molecular weight is 789 g/mol. The lowest BCUT2D eigenvalue weighted by Crippen LogP contribution is -2.05. The van der Waals surface area contributed by atoms with Gasteiger partial charge in [0.2, 0.25) is 0 Å². The Balaban J connectivity index is 3.14. The van der Waals surface area contributed by atoms with Gasteiger partial charge in [-0.3, -0.25) is 9.59 Å². The first kappa shape index (κ1) is 54.7. The number of carbonyl (C=O) groups is 2. The Morgan fingerprint density at radius 3 is 0.893 bits per heavy atom. The van der Waals surface area contributed by atoms with Crippen LogP contribution in [-0.2, 0) is 14.3 Å². The third-order valence-electron chi connectivity index (χ3n) is 11.9.